The summed E-state index contributed by atoms with van der Waals surface area (Å²) in [6, 6.07) is 4.91. The van der Waals surface area contributed by atoms with Crippen LogP contribution in [-0.4, -0.2) is 9.79 Å². The zero-order valence-electron chi connectivity index (χ0n) is 12.3. The topological polar surface area (TPSA) is 49.7 Å². The molecule has 20 heavy (non-hydrogen) atoms. The second-order valence-electron chi connectivity index (χ2n) is 5.26. The van der Waals surface area contributed by atoms with Crippen molar-refractivity contribution in [1.29, 1.82) is 0 Å². The fourth-order valence-electron chi connectivity index (χ4n) is 1.96. The normalized spacial score (nSPS) is 17.1. The Labute approximate surface area is 119 Å². The molecule has 0 bridgehead atoms. The number of halogens is 2. The third-order valence-corrected chi connectivity index (χ3v) is 4.11. The summed E-state index contributed by atoms with van der Waals surface area (Å²) >= 11 is 0. The van der Waals surface area contributed by atoms with E-state index in [0.717, 1.165) is 18.4 Å². The molecule has 2 N–H and O–H groups in total. The third-order valence-electron chi connectivity index (χ3n) is 3.61. The average molecular weight is 308 g/mol. The Kier molecular flexibility index (Phi) is 5.12. The van der Waals surface area contributed by atoms with Gasteiger partial charge in [-0.1, -0.05) is 0 Å². The number of hydrogen-bond donors (Lipinski definition) is 2. The van der Waals surface area contributed by atoms with Gasteiger partial charge in [0.15, 0.2) is 0 Å². The molecule has 0 saturated heterocycles. The molecule has 116 valence electrons. The summed E-state index contributed by atoms with van der Waals surface area (Å²) in [7, 11) is -7.01. The first-order valence-corrected chi connectivity index (χ1v) is 8.67. The van der Waals surface area contributed by atoms with Crippen LogP contribution in [0.3, 0.4) is 0 Å². The molecule has 0 aliphatic rings. The van der Waals surface area contributed by atoms with Gasteiger partial charge in [0.2, 0.25) is 0 Å². The molecular formula is C14H23F2O3P. The van der Waals surface area contributed by atoms with E-state index >= 15 is 0 Å². The molecule has 0 aliphatic heterocycles. The summed E-state index contributed by atoms with van der Waals surface area (Å²) < 4.78 is 30.2. The van der Waals surface area contributed by atoms with Crippen LogP contribution < -0.4 is 4.52 Å². The van der Waals surface area contributed by atoms with Crippen molar-refractivity contribution in [3.8, 4) is 5.75 Å². The van der Waals surface area contributed by atoms with Crippen LogP contribution in [-0.2, 0) is 0 Å². The second-order valence-corrected chi connectivity index (χ2v) is 6.96. The SMILES string of the molecule is CCC(C)c1ccc(OP(O)(O)(F)F)c(C(C)CC)c1. The molecule has 0 heterocycles. The molecule has 2 atom stereocenters. The van der Waals surface area contributed by atoms with Crippen LogP contribution in [0.15, 0.2) is 18.2 Å². The number of benzene rings is 1. The Bertz CT molecular complexity index is 462. The van der Waals surface area contributed by atoms with Crippen molar-refractivity contribution in [2.75, 3.05) is 0 Å². The molecule has 2 unspecified atom stereocenters. The van der Waals surface area contributed by atoms with Gasteiger partial charge in [0.1, 0.15) is 0 Å². The monoisotopic (exact) mass is 308 g/mol. The van der Waals surface area contributed by atoms with Crippen LogP contribution in [0.1, 0.15) is 63.5 Å². The zero-order chi connectivity index (χ0) is 15.6. The molecule has 1 aromatic rings. The Balaban J connectivity index is 3.24. The molecule has 0 spiro atoms. The van der Waals surface area contributed by atoms with Gasteiger partial charge < -0.3 is 0 Å². The van der Waals surface area contributed by atoms with Crippen molar-refractivity contribution in [3.63, 3.8) is 0 Å². The molecule has 1 aromatic carbocycles. The Morgan fingerprint density at radius 3 is 2.10 bits per heavy atom. The van der Waals surface area contributed by atoms with Gasteiger partial charge in [0.25, 0.3) is 0 Å². The summed E-state index contributed by atoms with van der Waals surface area (Å²) in [6.07, 6.45) is 1.68. The van der Waals surface area contributed by atoms with Crippen molar-refractivity contribution < 1.29 is 22.7 Å². The van der Waals surface area contributed by atoms with Crippen LogP contribution in [0.2, 0.25) is 0 Å². The van der Waals surface area contributed by atoms with Gasteiger partial charge in [-0.05, 0) is 0 Å². The van der Waals surface area contributed by atoms with Crippen LogP contribution >= 0.6 is 7.91 Å². The van der Waals surface area contributed by atoms with Crippen LogP contribution in [0, 0.1) is 0 Å². The van der Waals surface area contributed by atoms with Gasteiger partial charge in [-0.15, -0.1) is 0 Å². The van der Waals surface area contributed by atoms with Gasteiger partial charge in [-0.2, -0.15) is 0 Å². The summed E-state index contributed by atoms with van der Waals surface area (Å²) in [5.41, 5.74) is 1.61. The van der Waals surface area contributed by atoms with Crippen molar-refractivity contribution in [1.82, 2.24) is 0 Å². The molecule has 0 amide bonds. The van der Waals surface area contributed by atoms with E-state index in [4.69, 9.17) is 9.79 Å². The maximum absolute atomic E-state index is 13.0. The minimum atomic E-state index is -7.01. The van der Waals surface area contributed by atoms with Crippen molar-refractivity contribution >= 4 is 7.91 Å². The van der Waals surface area contributed by atoms with Crippen molar-refractivity contribution in [2.24, 2.45) is 0 Å². The van der Waals surface area contributed by atoms with Gasteiger partial charge in [0.05, 0.1) is 0 Å². The third kappa shape index (κ3) is 4.97. The van der Waals surface area contributed by atoms with Crippen LogP contribution in [0.25, 0.3) is 0 Å². The summed E-state index contributed by atoms with van der Waals surface area (Å²) in [6.45, 7) is 7.93. The quantitative estimate of drug-likeness (QED) is 0.715. The average Bonchev–Trinajstić information content (AvgIpc) is 2.34. The Morgan fingerprint density at radius 1 is 1.10 bits per heavy atom. The molecule has 0 saturated carbocycles. The summed E-state index contributed by atoms with van der Waals surface area (Å²) in [5.74, 6) is 0.146. The molecule has 0 radical (unpaired) electrons. The van der Waals surface area contributed by atoms with Crippen LogP contribution in [0.5, 0.6) is 5.75 Å². The molecule has 6 heteroatoms. The van der Waals surface area contributed by atoms with E-state index in [-0.39, 0.29) is 11.7 Å². The predicted octanol–water partition coefficient (Wildman–Crippen LogP) is 5.14. The Hall–Kier alpha value is -0.770. The van der Waals surface area contributed by atoms with E-state index < -0.39 is 7.91 Å². The van der Waals surface area contributed by atoms with E-state index in [0.29, 0.717) is 11.5 Å². The minimum absolute atomic E-state index is 0.00693. The predicted molar refractivity (Wildman–Crippen MR) is 78.1 cm³/mol. The standard InChI is InChI=1S/C14H23F2O3P/c1-5-10(3)12-7-8-14(19-20(15,16,17)18)13(9-12)11(4)6-2/h7-11,17-18H,5-6H2,1-4H3. The van der Waals surface area contributed by atoms with Crippen LogP contribution in [0.4, 0.5) is 8.39 Å². The van der Waals surface area contributed by atoms with E-state index in [1.165, 1.54) is 6.07 Å². The number of hydrogen-bond acceptors (Lipinski definition) is 3. The Morgan fingerprint density at radius 2 is 1.65 bits per heavy atom. The molecule has 0 aliphatic carbocycles. The van der Waals surface area contributed by atoms with E-state index in [1.807, 2.05) is 19.9 Å². The van der Waals surface area contributed by atoms with Gasteiger partial charge in [-0.25, -0.2) is 0 Å². The van der Waals surface area contributed by atoms with Gasteiger partial charge in [0, 0.05) is 0 Å². The molecular weight excluding hydrogens is 285 g/mol. The van der Waals surface area contributed by atoms with Gasteiger partial charge >= 0.3 is 118 Å². The molecule has 3 nitrogen and oxygen atoms in total. The molecule has 0 aromatic heterocycles. The van der Waals surface area contributed by atoms with E-state index in [9.17, 15) is 8.39 Å². The first-order valence-electron chi connectivity index (χ1n) is 6.83. The zero-order valence-corrected chi connectivity index (χ0v) is 13.2. The van der Waals surface area contributed by atoms with E-state index in [1.54, 1.807) is 6.07 Å². The number of rotatable bonds is 6. The van der Waals surface area contributed by atoms with Gasteiger partial charge in [-0.3, -0.25) is 0 Å². The summed E-state index contributed by atoms with van der Waals surface area (Å²) in [5, 5.41) is 0. The first-order chi connectivity index (χ1) is 9.03. The molecule has 1 rings (SSSR count). The van der Waals surface area contributed by atoms with Crippen molar-refractivity contribution in [2.45, 2.75) is 52.4 Å². The first kappa shape index (κ1) is 17.3. The summed E-state index contributed by atoms with van der Waals surface area (Å²) in [4.78, 5) is 17.3. The second kappa shape index (κ2) is 5.92. The maximum atomic E-state index is 13.0. The molecule has 0 fully saturated rings. The van der Waals surface area contributed by atoms with E-state index in [2.05, 4.69) is 18.4 Å². The van der Waals surface area contributed by atoms with Crippen molar-refractivity contribution in [3.05, 3.63) is 29.3 Å². The fourth-order valence-corrected chi connectivity index (χ4v) is 2.45. The fraction of sp³-hybridized carbons (Fsp3) is 0.571.